The summed E-state index contributed by atoms with van der Waals surface area (Å²) in [6.45, 7) is 2.17. The summed E-state index contributed by atoms with van der Waals surface area (Å²) in [4.78, 5) is 13.8. The monoisotopic (exact) mass is 342 g/mol. The van der Waals surface area contributed by atoms with E-state index in [4.69, 9.17) is 28.9 Å². The number of rotatable bonds is 4. The molecule has 1 aromatic carbocycles. The van der Waals surface area contributed by atoms with Crippen molar-refractivity contribution in [3.8, 4) is 0 Å². The molecule has 2 N–H and O–H groups in total. The van der Waals surface area contributed by atoms with Crippen molar-refractivity contribution in [1.29, 1.82) is 0 Å². The van der Waals surface area contributed by atoms with Gasteiger partial charge in [0.1, 0.15) is 0 Å². The molecule has 0 spiro atoms. The van der Waals surface area contributed by atoms with Crippen LogP contribution in [0.4, 0.5) is 0 Å². The Balaban J connectivity index is 2.62. The van der Waals surface area contributed by atoms with E-state index in [1.165, 1.54) is 19.3 Å². The molecule has 22 heavy (non-hydrogen) atoms. The summed E-state index contributed by atoms with van der Waals surface area (Å²) in [6.07, 6.45) is 6.00. The fraction of sp³-hybridized carbons (Fsp3) is 0.588. The van der Waals surface area contributed by atoms with Crippen LogP contribution in [0.15, 0.2) is 12.1 Å². The van der Waals surface area contributed by atoms with Crippen LogP contribution < -0.4 is 5.73 Å². The molecular formula is C17H24Cl2N2O. The highest BCUT2D eigenvalue weighted by atomic mass is 35.5. The minimum Gasteiger partial charge on any atom is -0.366 e. The molecule has 1 aliphatic rings. The van der Waals surface area contributed by atoms with Crippen molar-refractivity contribution in [2.45, 2.75) is 44.6 Å². The normalized spacial score (nSPS) is 19.2. The number of benzene rings is 1. The molecule has 1 unspecified atom stereocenters. The van der Waals surface area contributed by atoms with Gasteiger partial charge in [0, 0.05) is 16.1 Å². The minimum atomic E-state index is -0.521. The summed E-state index contributed by atoms with van der Waals surface area (Å²) < 4.78 is 0. The van der Waals surface area contributed by atoms with Gasteiger partial charge < -0.3 is 5.73 Å². The third kappa shape index (κ3) is 2.99. The molecule has 1 amide bonds. The maximum absolute atomic E-state index is 11.6. The molecular weight excluding hydrogens is 319 g/mol. The van der Waals surface area contributed by atoms with Crippen LogP contribution in [0.5, 0.6) is 0 Å². The summed E-state index contributed by atoms with van der Waals surface area (Å²) in [5.41, 5.74) is 6.29. The Morgan fingerprint density at radius 3 is 2.32 bits per heavy atom. The van der Waals surface area contributed by atoms with E-state index < -0.39 is 5.91 Å². The first kappa shape index (κ1) is 17.6. The van der Waals surface area contributed by atoms with Crippen LogP contribution in [0, 0.1) is 5.92 Å². The molecule has 3 nitrogen and oxygen atoms in total. The van der Waals surface area contributed by atoms with E-state index in [-0.39, 0.29) is 5.54 Å². The second-order valence-corrected chi connectivity index (χ2v) is 7.31. The van der Waals surface area contributed by atoms with Gasteiger partial charge in [-0.15, -0.1) is 0 Å². The molecule has 122 valence electrons. The molecule has 1 aliphatic carbocycles. The number of carbonyl (C=O) groups is 1. The summed E-state index contributed by atoms with van der Waals surface area (Å²) in [7, 11) is 4.08. The molecule has 0 saturated heterocycles. The lowest BCUT2D eigenvalue weighted by Gasteiger charge is -2.46. The van der Waals surface area contributed by atoms with Gasteiger partial charge in [0.2, 0.25) is 5.91 Å². The van der Waals surface area contributed by atoms with Gasteiger partial charge in [-0.2, -0.15) is 0 Å². The van der Waals surface area contributed by atoms with Gasteiger partial charge in [-0.1, -0.05) is 42.5 Å². The lowest BCUT2D eigenvalue weighted by Crippen LogP contribution is -2.46. The zero-order valence-corrected chi connectivity index (χ0v) is 15.0. The van der Waals surface area contributed by atoms with Crippen molar-refractivity contribution in [2.24, 2.45) is 11.7 Å². The molecule has 5 heteroatoms. The molecule has 1 fully saturated rings. The first-order valence-electron chi connectivity index (χ1n) is 7.75. The van der Waals surface area contributed by atoms with Crippen LogP contribution in [0.3, 0.4) is 0 Å². The van der Waals surface area contributed by atoms with Crippen LogP contribution in [-0.2, 0) is 5.54 Å². The average molecular weight is 343 g/mol. The van der Waals surface area contributed by atoms with Gasteiger partial charge in [0.05, 0.1) is 10.6 Å². The first-order chi connectivity index (χ1) is 10.3. The largest absolute Gasteiger partial charge is 0.366 e. The van der Waals surface area contributed by atoms with Gasteiger partial charge in [0.15, 0.2) is 0 Å². The minimum absolute atomic E-state index is 0.319. The zero-order valence-electron chi connectivity index (χ0n) is 13.5. The second-order valence-electron chi connectivity index (χ2n) is 6.53. The SMILES string of the molecule is CN(C)C(C)(c1c(Cl)ccc(C(N)=O)c1Cl)C1CCCCC1. The Kier molecular flexibility index (Phi) is 5.41. The fourth-order valence-electron chi connectivity index (χ4n) is 3.66. The Morgan fingerprint density at radius 2 is 1.82 bits per heavy atom. The number of nitrogens with zero attached hydrogens (tertiary/aromatic N) is 1. The lowest BCUT2D eigenvalue weighted by molar-refractivity contribution is 0.0689. The van der Waals surface area contributed by atoms with Gasteiger partial charge in [-0.25, -0.2) is 0 Å². The van der Waals surface area contributed by atoms with Gasteiger partial charge in [0.25, 0.3) is 0 Å². The maximum Gasteiger partial charge on any atom is 0.250 e. The Morgan fingerprint density at radius 1 is 1.23 bits per heavy atom. The summed E-state index contributed by atoms with van der Waals surface area (Å²) in [5.74, 6) is -0.0676. The summed E-state index contributed by atoms with van der Waals surface area (Å²) in [6, 6.07) is 3.33. The quantitative estimate of drug-likeness (QED) is 0.878. The number of carbonyl (C=O) groups excluding carboxylic acids is 1. The van der Waals surface area contributed by atoms with Crippen LogP contribution in [-0.4, -0.2) is 24.9 Å². The predicted octanol–water partition coefficient (Wildman–Crippen LogP) is 4.45. The number of amides is 1. The number of primary amides is 1. The molecule has 0 aromatic heterocycles. The highest BCUT2D eigenvalue weighted by Crippen LogP contribution is 2.47. The molecule has 1 aromatic rings. The van der Waals surface area contributed by atoms with Gasteiger partial charge >= 0.3 is 0 Å². The maximum atomic E-state index is 11.6. The van der Waals surface area contributed by atoms with Gasteiger partial charge in [-0.3, -0.25) is 9.69 Å². The van der Waals surface area contributed by atoms with Crippen molar-refractivity contribution >= 4 is 29.1 Å². The van der Waals surface area contributed by atoms with Crippen LogP contribution in [0.25, 0.3) is 0 Å². The highest BCUT2D eigenvalue weighted by Gasteiger charge is 2.42. The van der Waals surface area contributed by atoms with Crippen LogP contribution in [0.2, 0.25) is 10.0 Å². The Bertz CT molecular complexity index is 568. The van der Waals surface area contributed by atoms with Crippen molar-refractivity contribution in [1.82, 2.24) is 4.90 Å². The van der Waals surface area contributed by atoms with E-state index in [0.29, 0.717) is 21.5 Å². The number of nitrogens with two attached hydrogens (primary N) is 1. The highest BCUT2D eigenvalue weighted by molar-refractivity contribution is 6.38. The summed E-state index contributed by atoms with van der Waals surface area (Å²) in [5, 5.41) is 0.985. The Labute approximate surface area is 142 Å². The average Bonchev–Trinajstić information content (AvgIpc) is 2.47. The number of halogens is 2. The molecule has 0 aliphatic heterocycles. The predicted molar refractivity (Wildman–Crippen MR) is 92.6 cm³/mol. The lowest BCUT2D eigenvalue weighted by atomic mass is 9.71. The van der Waals surface area contributed by atoms with Crippen LogP contribution in [0.1, 0.15) is 54.9 Å². The third-order valence-corrected chi connectivity index (χ3v) is 5.90. The Hall–Kier alpha value is -0.770. The smallest absolute Gasteiger partial charge is 0.250 e. The van der Waals surface area contributed by atoms with Crippen molar-refractivity contribution in [2.75, 3.05) is 14.1 Å². The van der Waals surface area contributed by atoms with E-state index in [1.807, 2.05) is 14.1 Å². The first-order valence-corrected chi connectivity index (χ1v) is 8.51. The molecule has 0 radical (unpaired) electrons. The van der Waals surface area contributed by atoms with E-state index in [0.717, 1.165) is 18.4 Å². The zero-order chi connectivity index (χ0) is 16.5. The molecule has 1 atom stereocenters. The molecule has 0 heterocycles. The van der Waals surface area contributed by atoms with Gasteiger partial charge in [-0.05, 0) is 51.9 Å². The second kappa shape index (κ2) is 6.77. The third-order valence-electron chi connectivity index (χ3n) is 5.19. The standard InChI is InChI=1S/C17H24Cl2N2O/c1-17(21(2)3,11-7-5-4-6-8-11)14-13(18)10-9-12(15(14)19)16(20)22/h9-11H,4-8H2,1-3H3,(H2,20,22). The van der Waals surface area contributed by atoms with Crippen molar-refractivity contribution in [3.05, 3.63) is 33.3 Å². The van der Waals surface area contributed by atoms with E-state index >= 15 is 0 Å². The number of hydrogen-bond acceptors (Lipinski definition) is 2. The molecule has 0 bridgehead atoms. The van der Waals surface area contributed by atoms with E-state index in [9.17, 15) is 4.79 Å². The molecule has 2 rings (SSSR count). The van der Waals surface area contributed by atoms with Crippen molar-refractivity contribution < 1.29 is 4.79 Å². The number of hydrogen-bond donors (Lipinski definition) is 1. The van der Waals surface area contributed by atoms with Crippen molar-refractivity contribution in [3.63, 3.8) is 0 Å². The van der Waals surface area contributed by atoms with E-state index in [2.05, 4.69) is 11.8 Å². The van der Waals surface area contributed by atoms with Crippen LogP contribution >= 0.6 is 23.2 Å². The molecule has 1 saturated carbocycles. The topological polar surface area (TPSA) is 46.3 Å². The fourth-order valence-corrected chi connectivity index (χ4v) is 4.51. The summed E-state index contributed by atoms with van der Waals surface area (Å²) >= 11 is 13.0. The van der Waals surface area contributed by atoms with E-state index in [1.54, 1.807) is 12.1 Å².